The minimum Gasteiger partial charge on any atom is -0.381 e. The van der Waals surface area contributed by atoms with E-state index in [4.69, 9.17) is 16.3 Å². The molecule has 1 aromatic carbocycles. The van der Waals surface area contributed by atoms with Crippen LogP contribution in [0.2, 0.25) is 5.02 Å². The Morgan fingerprint density at radius 2 is 1.89 bits per heavy atom. The molecule has 0 heterocycles. The molecule has 1 aliphatic rings. The quantitative estimate of drug-likeness (QED) is 0.892. The first-order valence-corrected chi connectivity index (χ1v) is 7.11. The lowest BCUT2D eigenvalue weighted by atomic mass is 9.92. The molecule has 18 heavy (non-hydrogen) atoms. The van der Waals surface area contributed by atoms with Gasteiger partial charge in [0.1, 0.15) is 0 Å². The lowest BCUT2D eigenvalue weighted by molar-refractivity contribution is 0.0614. The third kappa shape index (κ3) is 3.47. The van der Waals surface area contributed by atoms with E-state index >= 15 is 0 Å². The number of benzene rings is 1. The van der Waals surface area contributed by atoms with E-state index in [1.807, 2.05) is 25.3 Å². The zero-order chi connectivity index (χ0) is 13.0. The van der Waals surface area contributed by atoms with Gasteiger partial charge in [-0.05, 0) is 44.2 Å². The second-order valence-corrected chi connectivity index (χ2v) is 5.53. The molecule has 0 spiro atoms. The molecule has 0 aromatic heterocycles. The molecule has 3 heteroatoms. The highest BCUT2D eigenvalue weighted by Gasteiger charge is 2.22. The van der Waals surface area contributed by atoms with Gasteiger partial charge >= 0.3 is 0 Å². The Hall–Kier alpha value is -0.570. The van der Waals surface area contributed by atoms with Crippen LogP contribution in [0.1, 0.15) is 44.2 Å². The molecule has 1 fully saturated rings. The first-order valence-electron chi connectivity index (χ1n) is 6.74. The topological polar surface area (TPSA) is 21.3 Å². The van der Waals surface area contributed by atoms with Crippen LogP contribution in [0, 0.1) is 0 Å². The van der Waals surface area contributed by atoms with Crippen LogP contribution in [0.5, 0.6) is 0 Å². The molecule has 1 N–H and O–H groups in total. The van der Waals surface area contributed by atoms with E-state index in [0.717, 1.165) is 17.9 Å². The molecule has 1 aliphatic carbocycles. The molecule has 1 aromatic rings. The second-order valence-electron chi connectivity index (χ2n) is 5.12. The van der Waals surface area contributed by atoms with E-state index in [-0.39, 0.29) is 0 Å². The first-order chi connectivity index (χ1) is 8.70. The summed E-state index contributed by atoms with van der Waals surface area (Å²) in [6.07, 6.45) is 5.15. The van der Waals surface area contributed by atoms with Crippen LogP contribution in [0.3, 0.4) is 0 Å². The van der Waals surface area contributed by atoms with Gasteiger partial charge in [-0.25, -0.2) is 0 Å². The van der Waals surface area contributed by atoms with Gasteiger partial charge in [0.2, 0.25) is 0 Å². The summed E-state index contributed by atoms with van der Waals surface area (Å²) in [5, 5.41) is 4.53. The fraction of sp³-hybridized carbons (Fsp3) is 0.600. The van der Waals surface area contributed by atoms with Gasteiger partial charge in [-0.2, -0.15) is 0 Å². The molecular weight excluding hydrogens is 246 g/mol. The standard InChI is InChI=1S/C15H22ClNO/c1-11(14-5-3-4-6-15(14)16)17-12-7-9-13(18-2)10-8-12/h3-6,11-13,17H,7-10H2,1-2H3/t11-,12?,13?/m0/s1. The number of methoxy groups -OCH3 is 1. The lowest BCUT2D eigenvalue weighted by Gasteiger charge is -2.30. The van der Waals surface area contributed by atoms with Gasteiger partial charge in [0.25, 0.3) is 0 Å². The number of hydrogen-bond acceptors (Lipinski definition) is 2. The molecule has 0 saturated heterocycles. The van der Waals surface area contributed by atoms with Crippen molar-refractivity contribution in [2.45, 2.75) is 50.8 Å². The van der Waals surface area contributed by atoms with Gasteiger partial charge in [-0.15, -0.1) is 0 Å². The Morgan fingerprint density at radius 1 is 1.22 bits per heavy atom. The Bertz CT molecular complexity index is 375. The third-order valence-corrected chi connectivity index (χ3v) is 4.21. The van der Waals surface area contributed by atoms with E-state index < -0.39 is 0 Å². The zero-order valence-electron chi connectivity index (χ0n) is 11.2. The van der Waals surface area contributed by atoms with Crippen LogP contribution in [0.15, 0.2) is 24.3 Å². The molecule has 1 saturated carbocycles. The zero-order valence-corrected chi connectivity index (χ0v) is 11.9. The second kappa shape index (κ2) is 6.55. The monoisotopic (exact) mass is 267 g/mol. The van der Waals surface area contributed by atoms with Crippen molar-refractivity contribution >= 4 is 11.6 Å². The molecule has 0 radical (unpaired) electrons. The molecule has 0 unspecified atom stereocenters. The first kappa shape index (κ1) is 13.9. The molecule has 0 aliphatic heterocycles. The van der Waals surface area contributed by atoms with Crippen LogP contribution >= 0.6 is 11.6 Å². The van der Waals surface area contributed by atoms with E-state index in [9.17, 15) is 0 Å². The van der Waals surface area contributed by atoms with Crippen molar-refractivity contribution in [1.82, 2.24) is 5.32 Å². The van der Waals surface area contributed by atoms with E-state index in [2.05, 4.69) is 18.3 Å². The SMILES string of the molecule is COC1CCC(N[C@@H](C)c2ccccc2Cl)CC1. The smallest absolute Gasteiger partial charge is 0.0572 e. The van der Waals surface area contributed by atoms with Crippen LogP contribution < -0.4 is 5.32 Å². The number of rotatable bonds is 4. The molecule has 2 rings (SSSR count). The lowest BCUT2D eigenvalue weighted by Crippen LogP contribution is -2.36. The van der Waals surface area contributed by atoms with Crippen molar-refractivity contribution in [2.75, 3.05) is 7.11 Å². The molecule has 1 atom stereocenters. The van der Waals surface area contributed by atoms with Crippen LogP contribution in [0.25, 0.3) is 0 Å². The predicted molar refractivity (Wildman–Crippen MR) is 76.1 cm³/mol. The van der Waals surface area contributed by atoms with Crippen molar-refractivity contribution in [3.05, 3.63) is 34.9 Å². The van der Waals surface area contributed by atoms with Gasteiger partial charge in [0.15, 0.2) is 0 Å². The van der Waals surface area contributed by atoms with Gasteiger partial charge in [-0.3, -0.25) is 0 Å². The number of halogens is 1. The van der Waals surface area contributed by atoms with E-state index in [1.165, 1.54) is 18.4 Å². The normalized spacial score (nSPS) is 25.9. The number of nitrogens with one attached hydrogen (secondary N) is 1. The van der Waals surface area contributed by atoms with Crippen molar-refractivity contribution in [2.24, 2.45) is 0 Å². The van der Waals surface area contributed by atoms with Crippen LogP contribution in [0.4, 0.5) is 0 Å². The average Bonchev–Trinajstić information content (AvgIpc) is 2.40. The van der Waals surface area contributed by atoms with Crippen molar-refractivity contribution in [3.63, 3.8) is 0 Å². The summed E-state index contributed by atoms with van der Waals surface area (Å²) < 4.78 is 5.40. The Labute approximate surface area is 115 Å². The molecule has 0 bridgehead atoms. The molecule has 100 valence electrons. The van der Waals surface area contributed by atoms with Gasteiger partial charge in [0, 0.05) is 24.2 Å². The Kier molecular flexibility index (Phi) is 5.04. The minimum absolute atomic E-state index is 0.308. The number of ether oxygens (including phenoxy) is 1. The summed E-state index contributed by atoms with van der Waals surface area (Å²) in [6.45, 7) is 2.18. The van der Waals surface area contributed by atoms with Crippen LogP contribution in [-0.2, 0) is 4.74 Å². The molecule has 0 amide bonds. The summed E-state index contributed by atoms with van der Waals surface area (Å²) in [4.78, 5) is 0. The summed E-state index contributed by atoms with van der Waals surface area (Å²) in [6, 6.07) is 8.96. The Morgan fingerprint density at radius 3 is 2.50 bits per heavy atom. The fourth-order valence-corrected chi connectivity index (χ4v) is 3.03. The van der Waals surface area contributed by atoms with Crippen molar-refractivity contribution in [3.8, 4) is 0 Å². The number of hydrogen-bond donors (Lipinski definition) is 1. The maximum Gasteiger partial charge on any atom is 0.0572 e. The van der Waals surface area contributed by atoms with E-state index in [1.54, 1.807) is 0 Å². The van der Waals surface area contributed by atoms with E-state index in [0.29, 0.717) is 18.2 Å². The Balaban J connectivity index is 1.89. The summed E-state index contributed by atoms with van der Waals surface area (Å²) >= 11 is 6.22. The molecule has 2 nitrogen and oxygen atoms in total. The van der Waals surface area contributed by atoms with Gasteiger partial charge in [-0.1, -0.05) is 29.8 Å². The summed E-state index contributed by atoms with van der Waals surface area (Å²) in [7, 11) is 1.81. The largest absolute Gasteiger partial charge is 0.381 e. The van der Waals surface area contributed by atoms with Gasteiger partial charge < -0.3 is 10.1 Å². The highest BCUT2D eigenvalue weighted by atomic mass is 35.5. The average molecular weight is 268 g/mol. The minimum atomic E-state index is 0.308. The highest BCUT2D eigenvalue weighted by molar-refractivity contribution is 6.31. The predicted octanol–water partition coefficient (Wildman–Crippen LogP) is 3.95. The summed E-state index contributed by atoms with van der Waals surface area (Å²) in [5.41, 5.74) is 1.19. The van der Waals surface area contributed by atoms with Crippen molar-refractivity contribution in [1.29, 1.82) is 0 Å². The third-order valence-electron chi connectivity index (χ3n) is 3.86. The van der Waals surface area contributed by atoms with Crippen LogP contribution in [-0.4, -0.2) is 19.3 Å². The maximum absolute atomic E-state index is 6.22. The van der Waals surface area contributed by atoms with Gasteiger partial charge in [0.05, 0.1) is 6.10 Å². The highest BCUT2D eigenvalue weighted by Crippen LogP contribution is 2.26. The maximum atomic E-state index is 6.22. The van der Waals surface area contributed by atoms with Crippen molar-refractivity contribution < 1.29 is 4.74 Å². The molecular formula is C15H22ClNO. The fourth-order valence-electron chi connectivity index (χ4n) is 2.73. The summed E-state index contributed by atoms with van der Waals surface area (Å²) in [5.74, 6) is 0.